The third-order valence-corrected chi connectivity index (χ3v) is 5.85. The highest BCUT2D eigenvalue weighted by atomic mass is 32.2. The first-order valence-corrected chi connectivity index (χ1v) is 10.9. The zero-order valence-electron chi connectivity index (χ0n) is 15.9. The Labute approximate surface area is 166 Å². The maximum Gasteiger partial charge on any atom is 0.211 e. The SMILES string of the molecule is COc1ccc(CCS(=O)(=O)NCCCn2ccnc2-c2ccccc2)cc1. The van der Waals surface area contributed by atoms with Crippen LogP contribution in [0.15, 0.2) is 67.0 Å². The summed E-state index contributed by atoms with van der Waals surface area (Å²) in [6, 6.07) is 17.4. The number of aromatic nitrogens is 2. The highest BCUT2D eigenvalue weighted by molar-refractivity contribution is 7.89. The predicted molar refractivity (Wildman–Crippen MR) is 111 cm³/mol. The molecule has 0 aliphatic rings. The average molecular weight is 400 g/mol. The van der Waals surface area contributed by atoms with E-state index in [4.69, 9.17) is 4.74 Å². The van der Waals surface area contributed by atoms with Crippen molar-refractivity contribution in [3.63, 3.8) is 0 Å². The number of hydrogen-bond donors (Lipinski definition) is 1. The average Bonchev–Trinajstić information content (AvgIpc) is 3.19. The molecule has 2 aromatic carbocycles. The van der Waals surface area contributed by atoms with Crippen molar-refractivity contribution in [1.82, 2.24) is 14.3 Å². The topological polar surface area (TPSA) is 73.2 Å². The van der Waals surface area contributed by atoms with E-state index in [0.29, 0.717) is 25.9 Å². The highest BCUT2D eigenvalue weighted by Crippen LogP contribution is 2.17. The van der Waals surface area contributed by atoms with Crippen molar-refractivity contribution >= 4 is 10.0 Å². The van der Waals surface area contributed by atoms with E-state index in [1.165, 1.54) is 0 Å². The van der Waals surface area contributed by atoms with Crippen molar-refractivity contribution < 1.29 is 13.2 Å². The summed E-state index contributed by atoms with van der Waals surface area (Å²) >= 11 is 0. The molecule has 0 aliphatic carbocycles. The molecule has 28 heavy (non-hydrogen) atoms. The summed E-state index contributed by atoms with van der Waals surface area (Å²) in [7, 11) is -1.70. The van der Waals surface area contributed by atoms with Gasteiger partial charge in [-0.25, -0.2) is 18.1 Å². The normalized spacial score (nSPS) is 11.5. The number of aryl methyl sites for hydroxylation is 2. The largest absolute Gasteiger partial charge is 0.497 e. The van der Waals surface area contributed by atoms with E-state index in [1.54, 1.807) is 13.3 Å². The second-order valence-corrected chi connectivity index (χ2v) is 8.40. The van der Waals surface area contributed by atoms with Gasteiger partial charge in [-0.15, -0.1) is 0 Å². The Morgan fingerprint density at radius 2 is 1.82 bits per heavy atom. The van der Waals surface area contributed by atoms with E-state index >= 15 is 0 Å². The van der Waals surface area contributed by atoms with Gasteiger partial charge in [0.1, 0.15) is 11.6 Å². The van der Waals surface area contributed by atoms with Crippen molar-refractivity contribution in [2.75, 3.05) is 19.4 Å². The number of sulfonamides is 1. The molecule has 0 saturated carbocycles. The monoisotopic (exact) mass is 399 g/mol. The molecule has 148 valence electrons. The Morgan fingerprint density at radius 3 is 2.54 bits per heavy atom. The minimum atomic E-state index is -3.30. The molecule has 0 aliphatic heterocycles. The van der Waals surface area contributed by atoms with Gasteiger partial charge in [0, 0.05) is 31.0 Å². The van der Waals surface area contributed by atoms with Gasteiger partial charge in [-0.1, -0.05) is 42.5 Å². The standard InChI is InChI=1S/C21H25N3O3S/c1-27-20-10-8-18(9-11-20)12-17-28(25,26)23-13-5-15-24-16-14-22-21(24)19-6-3-2-4-7-19/h2-4,6-11,14,16,23H,5,12-13,15,17H2,1H3. The quantitative estimate of drug-likeness (QED) is 0.532. The summed E-state index contributed by atoms with van der Waals surface area (Å²) in [5, 5.41) is 0. The van der Waals surface area contributed by atoms with E-state index in [2.05, 4.69) is 9.71 Å². The van der Waals surface area contributed by atoms with Gasteiger partial charge in [0.15, 0.2) is 0 Å². The molecule has 3 aromatic rings. The van der Waals surface area contributed by atoms with Crippen LogP contribution in [0.1, 0.15) is 12.0 Å². The molecule has 0 bridgehead atoms. The van der Waals surface area contributed by atoms with Crippen LogP contribution in [0, 0.1) is 0 Å². The van der Waals surface area contributed by atoms with Gasteiger partial charge in [0.2, 0.25) is 10.0 Å². The number of hydrogen-bond acceptors (Lipinski definition) is 4. The number of rotatable bonds is 10. The van der Waals surface area contributed by atoms with Crippen molar-refractivity contribution in [1.29, 1.82) is 0 Å². The fourth-order valence-corrected chi connectivity index (χ4v) is 4.03. The summed E-state index contributed by atoms with van der Waals surface area (Å²) in [4.78, 5) is 4.40. The van der Waals surface area contributed by atoms with Gasteiger partial charge in [0.05, 0.1) is 12.9 Å². The predicted octanol–water partition coefficient (Wildman–Crippen LogP) is 3.11. The molecular formula is C21H25N3O3S. The number of ether oxygens (including phenoxy) is 1. The Kier molecular flexibility index (Phi) is 6.84. The van der Waals surface area contributed by atoms with E-state index < -0.39 is 10.0 Å². The lowest BCUT2D eigenvalue weighted by Gasteiger charge is -2.10. The van der Waals surface area contributed by atoms with Crippen LogP contribution in [0.2, 0.25) is 0 Å². The molecule has 0 radical (unpaired) electrons. The Bertz CT molecular complexity index is 968. The second-order valence-electron chi connectivity index (χ2n) is 6.48. The second kappa shape index (κ2) is 9.52. The molecule has 3 rings (SSSR count). The van der Waals surface area contributed by atoms with Crippen LogP contribution >= 0.6 is 0 Å². The van der Waals surface area contributed by atoms with Crippen molar-refractivity contribution in [2.24, 2.45) is 0 Å². The molecule has 0 spiro atoms. The number of benzene rings is 2. The Morgan fingerprint density at radius 1 is 1.07 bits per heavy atom. The van der Waals surface area contributed by atoms with Gasteiger partial charge in [-0.2, -0.15) is 0 Å². The number of imidazole rings is 1. The minimum Gasteiger partial charge on any atom is -0.497 e. The number of methoxy groups -OCH3 is 1. The zero-order valence-corrected chi connectivity index (χ0v) is 16.7. The molecule has 1 N–H and O–H groups in total. The molecule has 0 amide bonds. The first-order valence-electron chi connectivity index (χ1n) is 9.24. The van der Waals surface area contributed by atoms with Crippen LogP contribution in [0.5, 0.6) is 5.75 Å². The first kappa shape index (κ1) is 20.1. The fourth-order valence-electron chi connectivity index (χ4n) is 2.93. The molecule has 6 nitrogen and oxygen atoms in total. The Balaban J connectivity index is 1.45. The Hall–Kier alpha value is -2.64. The van der Waals surface area contributed by atoms with E-state index in [1.807, 2.05) is 65.4 Å². The van der Waals surface area contributed by atoms with E-state index in [-0.39, 0.29) is 5.75 Å². The summed E-state index contributed by atoms with van der Waals surface area (Å²) in [6.45, 7) is 1.10. The van der Waals surface area contributed by atoms with Crippen LogP contribution in [0.25, 0.3) is 11.4 Å². The lowest BCUT2D eigenvalue weighted by Crippen LogP contribution is -2.28. The maximum atomic E-state index is 12.2. The van der Waals surface area contributed by atoms with Gasteiger partial charge < -0.3 is 9.30 Å². The van der Waals surface area contributed by atoms with E-state index in [0.717, 1.165) is 22.7 Å². The molecule has 0 atom stereocenters. The van der Waals surface area contributed by atoms with Crippen LogP contribution in [0.4, 0.5) is 0 Å². The summed E-state index contributed by atoms with van der Waals surface area (Å²) in [5.41, 5.74) is 2.02. The lowest BCUT2D eigenvalue weighted by molar-refractivity contribution is 0.414. The fraction of sp³-hybridized carbons (Fsp3) is 0.286. The van der Waals surface area contributed by atoms with Gasteiger partial charge in [-0.05, 0) is 30.5 Å². The van der Waals surface area contributed by atoms with E-state index in [9.17, 15) is 8.42 Å². The molecule has 0 fully saturated rings. The van der Waals surface area contributed by atoms with Crippen molar-refractivity contribution in [3.8, 4) is 17.1 Å². The molecular weight excluding hydrogens is 374 g/mol. The molecule has 0 unspecified atom stereocenters. The molecule has 7 heteroatoms. The third-order valence-electron chi connectivity index (χ3n) is 4.46. The third kappa shape index (κ3) is 5.68. The van der Waals surface area contributed by atoms with Gasteiger partial charge in [0.25, 0.3) is 0 Å². The van der Waals surface area contributed by atoms with Crippen molar-refractivity contribution in [2.45, 2.75) is 19.4 Å². The van der Waals surface area contributed by atoms with Crippen LogP contribution in [-0.2, 0) is 23.0 Å². The molecule has 1 heterocycles. The summed E-state index contributed by atoms with van der Waals surface area (Å²) in [6.07, 6.45) is 4.85. The molecule has 0 saturated heterocycles. The van der Waals surface area contributed by atoms with Crippen molar-refractivity contribution in [3.05, 3.63) is 72.6 Å². The minimum absolute atomic E-state index is 0.0691. The number of nitrogens with zero attached hydrogens (tertiary/aromatic N) is 2. The molecule has 1 aromatic heterocycles. The first-order chi connectivity index (χ1) is 13.6. The van der Waals surface area contributed by atoms with Crippen LogP contribution in [0.3, 0.4) is 0 Å². The van der Waals surface area contributed by atoms with Gasteiger partial charge >= 0.3 is 0 Å². The highest BCUT2D eigenvalue weighted by Gasteiger charge is 2.11. The number of nitrogens with one attached hydrogen (secondary N) is 1. The van der Waals surface area contributed by atoms with Crippen LogP contribution < -0.4 is 9.46 Å². The van der Waals surface area contributed by atoms with Crippen LogP contribution in [-0.4, -0.2) is 37.4 Å². The summed E-state index contributed by atoms with van der Waals surface area (Å²) in [5.74, 6) is 1.72. The summed E-state index contributed by atoms with van der Waals surface area (Å²) < 4.78 is 34.3. The lowest BCUT2D eigenvalue weighted by atomic mass is 10.2. The maximum absolute atomic E-state index is 12.2. The van der Waals surface area contributed by atoms with Gasteiger partial charge in [-0.3, -0.25) is 0 Å². The zero-order chi connectivity index (χ0) is 19.8. The smallest absolute Gasteiger partial charge is 0.211 e.